The van der Waals surface area contributed by atoms with E-state index in [0.29, 0.717) is 39.4 Å². The molecule has 0 radical (unpaired) electrons. The Morgan fingerprint density at radius 1 is 0.588 bits per heavy atom. The molecule has 0 amide bonds. The maximum Gasteiger partial charge on any atom is 0.334 e. The van der Waals surface area contributed by atoms with Crippen molar-refractivity contribution in [2.75, 3.05) is 72.1 Å². The van der Waals surface area contributed by atoms with Gasteiger partial charge in [-0.1, -0.05) is 27.7 Å². The summed E-state index contributed by atoms with van der Waals surface area (Å²) in [5.41, 5.74) is 0. The fraction of sp³-hybridized carbons (Fsp3) is 1.00. The Bertz CT molecular complexity index is 418. The van der Waals surface area contributed by atoms with Crippen LogP contribution in [0.15, 0.2) is 0 Å². The van der Waals surface area contributed by atoms with Crippen LogP contribution in [-0.2, 0) is 8.85 Å². The second-order valence-corrected chi connectivity index (χ2v) is 13.1. The molecule has 0 aliphatic carbocycles. The van der Waals surface area contributed by atoms with Crippen LogP contribution in [0.5, 0.6) is 0 Å². The van der Waals surface area contributed by atoms with Crippen LogP contribution in [0.4, 0.5) is 0 Å². The molecule has 2 unspecified atom stereocenters. The molecule has 8 heteroatoms. The summed E-state index contributed by atoms with van der Waals surface area (Å²) in [5.74, 6) is 0. The van der Waals surface area contributed by atoms with Crippen molar-refractivity contribution in [3.8, 4) is 0 Å². The molecule has 0 aliphatic rings. The van der Waals surface area contributed by atoms with Gasteiger partial charge in [-0.15, -0.1) is 0 Å². The number of aliphatic hydroxyl groups excluding tert-OH is 2. The van der Waals surface area contributed by atoms with Gasteiger partial charge in [-0.25, -0.2) is 0 Å². The third-order valence-electron chi connectivity index (χ3n) is 6.04. The smallest absolute Gasteiger partial charge is 0.334 e. The minimum atomic E-state index is -2.16. The van der Waals surface area contributed by atoms with E-state index in [1.807, 2.05) is 13.8 Å². The highest BCUT2D eigenvalue weighted by atomic mass is 28.4. The Labute approximate surface area is 213 Å². The predicted octanol–water partition coefficient (Wildman–Crippen LogP) is 3.79. The Hall–Kier alpha value is -0.0631. The number of hydrogen-bond donors (Lipinski definition) is 2. The number of rotatable bonds is 24. The summed E-state index contributed by atoms with van der Waals surface area (Å²) in [6, 6.07) is 0.924. The molecule has 0 aliphatic heterocycles. The first-order valence-corrected chi connectivity index (χ1v) is 16.6. The minimum Gasteiger partial charge on any atom is -0.395 e. The molecular formula is C26H59N3O4Si. The number of hydrogen-bond acceptors (Lipinski definition) is 7. The van der Waals surface area contributed by atoms with Crippen LogP contribution < -0.4 is 0 Å². The summed E-state index contributed by atoms with van der Waals surface area (Å²) in [7, 11) is -2.16. The van der Waals surface area contributed by atoms with E-state index in [2.05, 4.69) is 48.9 Å². The standard InChI is InChI=1S/C26H59N3O4Si/c1-8-15-27(16-9-2)21-25(30)23-29(19-14-20-34(7,32-12-5)33-13-6)24-26(31)22-28(17-10-3)18-11-4/h25-26,30-31H,8-24H2,1-7H3. The molecule has 34 heavy (non-hydrogen) atoms. The van der Waals surface area contributed by atoms with Crippen molar-refractivity contribution < 1.29 is 19.1 Å². The molecule has 0 saturated carbocycles. The minimum absolute atomic E-state index is 0.421. The van der Waals surface area contributed by atoms with Gasteiger partial charge in [-0.3, -0.25) is 4.90 Å². The van der Waals surface area contributed by atoms with Crippen molar-refractivity contribution in [2.24, 2.45) is 0 Å². The van der Waals surface area contributed by atoms with E-state index in [9.17, 15) is 10.2 Å². The average Bonchev–Trinajstić information content (AvgIpc) is 2.74. The lowest BCUT2D eigenvalue weighted by atomic mass is 10.2. The van der Waals surface area contributed by atoms with Gasteiger partial charge in [0.25, 0.3) is 0 Å². The van der Waals surface area contributed by atoms with Crippen molar-refractivity contribution in [3.05, 3.63) is 0 Å². The van der Waals surface area contributed by atoms with Crippen LogP contribution in [0.3, 0.4) is 0 Å². The van der Waals surface area contributed by atoms with Gasteiger partial charge in [0.1, 0.15) is 0 Å². The predicted molar refractivity (Wildman–Crippen MR) is 147 cm³/mol. The molecule has 0 aromatic carbocycles. The summed E-state index contributed by atoms with van der Waals surface area (Å²) >= 11 is 0. The lowest BCUT2D eigenvalue weighted by Crippen LogP contribution is -2.46. The van der Waals surface area contributed by atoms with E-state index in [1.165, 1.54) is 0 Å². The van der Waals surface area contributed by atoms with Gasteiger partial charge in [0.2, 0.25) is 0 Å². The number of nitrogens with zero attached hydrogens (tertiary/aromatic N) is 3. The summed E-state index contributed by atoms with van der Waals surface area (Å²) in [4.78, 5) is 6.98. The third-order valence-corrected chi connectivity index (χ3v) is 9.10. The summed E-state index contributed by atoms with van der Waals surface area (Å²) in [6.45, 7) is 23.8. The largest absolute Gasteiger partial charge is 0.395 e. The quantitative estimate of drug-likeness (QED) is 0.193. The summed E-state index contributed by atoms with van der Waals surface area (Å²) in [6.07, 6.45) is 4.49. The Balaban J connectivity index is 5.11. The fourth-order valence-electron chi connectivity index (χ4n) is 4.84. The molecular weight excluding hydrogens is 446 g/mol. The fourth-order valence-corrected chi connectivity index (χ4v) is 7.23. The molecule has 7 nitrogen and oxygen atoms in total. The zero-order valence-corrected chi connectivity index (χ0v) is 24.7. The Kier molecular flexibility index (Phi) is 21.0. The highest BCUT2D eigenvalue weighted by Gasteiger charge is 2.30. The first-order valence-electron chi connectivity index (χ1n) is 14.1. The molecule has 0 aromatic rings. The second-order valence-electron chi connectivity index (χ2n) is 9.77. The highest BCUT2D eigenvalue weighted by molar-refractivity contribution is 6.66. The first kappa shape index (κ1) is 33.9. The molecule has 0 spiro atoms. The zero-order chi connectivity index (χ0) is 25.8. The molecule has 0 heterocycles. The topological polar surface area (TPSA) is 68.6 Å². The van der Waals surface area contributed by atoms with Gasteiger partial charge >= 0.3 is 8.56 Å². The SMILES string of the molecule is CCCN(CCC)CC(O)CN(CCC[Si](C)(OCC)OCC)CC(O)CN(CCC)CCC. The zero-order valence-electron chi connectivity index (χ0n) is 23.7. The van der Waals surface area contributed by atoms with Crippen molar-refractivity contribution >= 4 is 8.56 Å². The Morgan fingerprint density at radius 2 is 0.941 bits per heavy atom. The normalized spacial score (nSPS) is 14.5. The molecule has 0 aromatic heterocycles. The van der Waals surface area contributed by atoms with E-state index in [0.717, 1.165) is 70.9 Å². The van der Waals surface area contributed by atoms with Gasteiger partial charge in [-0.05, 0) is 91.3 Å². The molecule has 0 bridgehead atoms. The first-order chi connectivity index (χ1) is 16.3. The van der Waals surface area contributed by atoms with Crippen molar-refractivity contribution in [1.29, 1.82) is 0 Å². The van der Waals surface area contributed by atoms with Gasteiger partial charge in [-0.2, -0.15) is 0 Å². The molecule has 206 valence electrons. The maximum atomic E-state index is 10.9. The van der Waals surface area contributed by atoms with Gasteiger partial charge in [0.15, 0.2) is 0 Å². The molecule has 2 atom stereocenters. The van der Waals surface area contributed by atoms with Gasteiger partial charge in [0.05, 0.1) is 12.2 Å². The lowest BCUT2D eigenvalue weighted by molar-refractivity contribution is 0.0371. The van der Waals surface area contributed by atoms with Gasteiger partial charge in [0, 0.05) is 39.4 Å². The summed E-state index contributed by atoms with van der Waals surface area (Å²) in [5, 5.41) is 21.8. The average molecular weight is 506 g/mol. The van der Waals surface area contributed by atoms with Crippen molar-refractivity contribution in [3.63, 3.8) is 0 Å². The van der Waals surface area contributed by atoms with Crippen LogP contribution in [0, 0.1) is 0 Å². The maximum absolute atomic E-state index is 10.9. The monoisotopic (exact) mass is 505 g/mol. The van der Waals surface area contributed by atoms with E-state index in [4.69, 9.17) is 8.85 Å². The van der Waals surface area contributed by atoms with Crippen LogP contribution in [0.1, 0.15) is 73.6 Å². The van der Waals surface area contributed by atoms with E-state index in [1.54, 1.807) is 0 Å². The van der Waals surface area contributed by atoms with Crippen molar-refractivity contribution in [1.82, 2.24) is 14.7 Å². The van der Waals surface area contributed by atoms with Crippen LogP contribution in [0.25, 0.3) is 0 Å². The second kappa shape index (κ2) is 21.1. The molecule has 2 N–H and O–H groups in total. The lowest BCUT2D eigenvalue weighted by Gasteiger charge is -2.32. The van der Waals surface area contributed by atoms with Crippen LogP contribution in [0.2, 0.25) is 12.6 Å². The van der Waals surface area contributed by atoms with E-state index in [-0.39, 0.29) is 0 Å². The third kappa shape index (κ3) is 16.6. The molecule has 0 rings (SSSR count). The van der Waals surface area contributed by atoms with Crippen LogP contribution in [-0.4, -0.2) is 118 Å². The summed E-state index contributed by atoms with van der Waals surface area (Å²) < 4.78 is 12.0. The molecule has 0 saturated heterocycles. The highest BCUT2D eigenvalue weighted by Crippen LogP contribution is 2.17. The van der Waals surface area contributed by atoms with Crippen LogP contribution >= 0.6 is 0 Å². The van der Waals surface area contributed by atoms with E-state index >= 15 is 0 Å². The van der Waals surface area contributed by atoms with Crippen molar-refractivity contribution in [2.45, 2.75) is 98.4 Å². The Morgan fingerprint density at radius 3 is 1.26 bits per heavy atom. The number of aliphatic hydroxyl groups is 2. The van der Waals surface area contributed by atoms with E-state index < -0.39 is 20.8 Å². The molecule has 0 fully saturated rings. The van der Waals surface area contributed by atoms with Gasteiger partial charge < -0.3 is 28.9 Å².